The fourth-order valence-electron chi connectivity index (χ4n) is 1.61. The first kappa shape index (κ1) is 11.2. The number of nitrogens with one attached hydrogen (secondary N) is 1. The summed E-state index contributed by atoms with van der Waals surface area (Å²) in [5, 5.41) is 0. The molecule has 0 radical (unpaired) electrons. The number of anilines is 1. The van der Waals surface area contributed by atoms with Crippen molar-refractivity contribution >= 4 is 29.0 Å². The summed E-state index contributed by atoms with van der Waals surface area (Å²) in [6, 6.07) is 7.09. The Balaban J connectivity index is 2.28. The predicted molar refractivity (Wildman–Crippen MR) is 65.0 cm³/mol. The third kappa shape index (κ3) is 2.27. The Hall–Kier alpha value is -1.28. The predicted octanol–water partition coefficient (Wildman–Crippen LogP) is 0.458. The number of benzene rings is 1. The summed E-state index contributed by atoms with van der Waals surface area (Å²) < 4.78 is 21.9. The molecule has 2 unspecified atom stereocenters. The Bertz CT molecular complexity index is 451. The second kappa shape index (κ2) is 4.30. The average molecular weight is 241 g/mol. The van der Waals surface area contributed by atoms with Crippen molar-refractivity contribution in [2.24, 2.45) is 10.8 Å². The van der Waals surface area contributed by atoms with E-state index in [4.69, 9.17) is 10.4 Å². The van der Waals surface area contributed by atoms with Crippen LogP contribution < -0.4 is 15.2 Å². The van der Waals surface area contributed by atoms with Gasteiger partial charge >= 0.3 is 0 Å². The molecule has 0 aromatic heterocycles. The van der Waals surface area contributed by atoms with Crippen molar-refractivity contribution in [3.05, 3.63) is 24.3 Å². The molecular weight excluding hydrogens is 228 g/mol. The van der Waals surface area contributed by atoms with E-state index in [9.17, 15) is 4.21 Å². The molecular formula is C9H13N4O2S+. The summed E-state index contributed by atoms with van der Waals surface area (Å²) in [6.45, 7) is 1.39. The van der Waals surface area contributed by atoms with Crippen LogP contribution in [0.2, 0.25) is 0 Å². The molecule has 0 aliphatic carbocycles. The number of rotatable bonds is 3. The molecule has 1 heterocycles. The number of quaternary nitrogens is 1. The van der Waals surface area contributed by atoms with Gasteiger partial charge in [-0.25, -0.2) is 9.20 Å². The maximum absolute atomic E-state index is 10.6. The smallest absolute Gasteiger partial charge is 0.259 e. The van der Waals surface area contributed by atoms with Crippen LogP contribution in [0.1, 0.15) is 0 Å². The lowest BCUT2D eigenvalue weighted by Crippen LogP contribution is -2.53. The Labute approximate surface area is 95.8 Å². The van der Waals surface area contributed by atoms with Gasteiger partial charge in [-0.2, -0.15) is 10.4 Å². The molecule has 1 aromatic carbocycles. The van der Waals surface area contributed by atoms with E-state index in [1.807, 2.05) is 6.07 Å². The van der Waals surface area contributed by atoms with E-state index in [1.54, 1.807) is 24.5 Å². The average Bonchev–Trinajstić information content (AvgIpc) is 2.66. The van der Waals surface area contributed by atoms with Crippen molar-refractivity contribution in [1.29, 1.82) is 0 Å². The summed E-state index contributed by atoms with van der Waals surface area (Å²) in [5.74, 6) is 6.10. The van der Waals surface area contributed by atoms with Crippen molar-refractivity contribution in [3.8, 4) is 0 Å². The largest absolute Gasteiger partial charge is 0.289 e. The fourth-order valence-corrected chi connectivity index (χ4v) is 1.94. The Morgan fingerprint density at radius 3 is 3.00 bits per heavy atom. The van der Waals surface area contributed by atoms with Gasteiger partial charge in [-0.1, -0.05) is 6.07 Å². The van der Waals surface area contributed by atoms with Crippen molar-refractivity contribution < 1.29 is 8.76 Å². The van der Waals surface area contributed by atoms with Gasteiger partial charge in [-0.15, -0.1) is 0 Å². The van der Waals surface area contributed by atoms with Crippen LogP contribution in [0.25, 0.3) is 0 Å². The Morgan fingerprint density at radius 2 is 2.38 bits per heavy atom. The third-order valence-corrected chi connectivity index (χ3v) is 2.83. The second-order valence-electron chi connectivity index (χ2n) is 3.58. The van der Waals surface area contributed by atoms with Crippen molar-refractivity contribution in [1.82, 2.24) is 4.59 Å². The minimum absolute atomic E-state index is 0.133. The number of nitrogens with two attached hydrogens (primary N) is 1. The minimum atomic E-state index is -2.07. The topological polar surface area (TPSA) is 87.7 Å². The van der Waals surface area contributed by atoms with E-state index >= 15 is 0 Å². The maximum Gasteiger partial charge on any atom is 0.259 e. The van der Waals surface area contributed by atoms with Gasteiger partial charge in [-0.05, 0) is 6.07 Å². The first-order valence-electron chi connectivity index (χ1n) is 4.76. The second-order valence-corrected chi connectivity index (χ2v) is 4.28. The van der Waals surface area contributed by atoms with E-state index < -0.39 is 11.3 Å². The minimum Gasteiger partial charge on any atom is -0.289 e. The first-order valence-corrected chi connectivity index (χ1v) is 5.86. The molecule has 0 amide bonds. The van der Waals surface area contributed by atoms with Crippen molar-refractivity contribution in [3.63, 3.8) is 0 Å². The van der Waals surface area contributed by atoms with E-state index in [1.165, 1.54) is 0 Å². The van der Waals surface area contributed by atoms with Gasteiger partial charge in [0.05, 0.1) is 12.2 Å². The van der Waals surface area contributed by atoms with E-state index in [-0.39, 0.29) is 4.59 Å². The van der Waals surface area contributed by atoms with Gasteiger partial charge in [0.2, 0.25) is 6.34 Å². The van der Waals surface area contributed by atoms with Crippen LogP contribution in [0.4, 0.5) is 11.4 Å². The number of nitrogens with zero attached hydrogens (tertiary/aromatic N) is 2. The van der Waals surface area contributed by atoms with E-state index in [0.29, 0.717) is 18.8 Å². The van der Waals surface area contributed by atoms with Crippen LogP contribution in [-0.2, 0) is 11.3 Å². The Kier molecular flexibility index (Phi) is 3.01. The number of hydrogen-bond donors (Lipinski definition) is 3. The standard InChI is InChI=1S/C9H12N4O2S/c10-13(5-4-11-7-13)9-3-1-2-8(6-9)12-16(14)15/h1-3,6-7,12H,4-5,10H2/p+1. The highest BCUT2D eigenvalue weighted by Crippen LogP contribution is 2.23. The van der Waals surface area contributed by atoms with Crippen LogP contribution >= 0.6 is 0 Å². The lowest BCUT2D eigenvalue weighted by atomic mass is 10.2. The highest BCUT2D eigenvalue weighted by atomic mass is 32.2. The lowest BCUT2D eigenvalue weighted by Gasteiger charge is -2.22. The fraction of sp³-hybridized carbons (Fsp3) is 0.222. The van der Waals surface area contributed by atoms with Gasteiger partial charge in [0.15, 0.2) is 5.69 Å². The molecule has 2 atom stereocenters. The first-order chi connectivity index (χ1) is 7.60. The zero-order valence-electron chi connectivity index (χ0n) is 8.54. The number of aliphatic imine (C=N–C) groups is 1. The van der Waals surface area contributed by atoms with Gasteiger partial charge in [0.25, 0.3) is 11.3 Å². The molecule has 16 heavy (non-hydrogen) atoms. The molecule has 1 aliphatic rings. The summed E-state index contributed by atoms with van der Waals surface area (Å²) in [6.07, 6.45) is 1.68. The molecule has 1 aliphatic heterocycles. The van der Waals surface area contributed by atoms with Crippen LogP contribution in [0.3, 0.4) is 0 Å². The zero-order chi connectivity index (χ0) is 11.6. The van der Waals surface area contributed by atoms with Crippen molar-refractivity contribution in [2.75, 3.05) is 17.8 Å². The van der Waals surface area contributed by atoms with Crippen LogP contribution in [0.5, 0.6) is 0 Å². The molecule has 0 saturated carbocycles. The summed E-state index contributed by atoms with van der Waals surface area (Å²) in [5.41, 5.74) is 1.39. The SMILES string of the molecule is N[N+]1(c2cccc(NS(=O)O)c2)C=NCC1. The van der Waals surface area contributed by atoms with Crippen LogP contribution in [-0.4, -0.2) is 28.2 Å². The molecule has 0 spiro atoms. The molecule has 7 heteroatoms. The van der Waals surface area contributed by atoms with Gasteiger partial charge < -0.3 is 0 Å². The maximum atomic E-state index is 10.6. The molecule has 1 aromatic rings. The molecule has 6 nitrogen and oxygen atoms in total. The van der Waals surface area contributed by atoms with E-state index in [0.717, 1.165) is 5.69 Å². The highest BCUT2D eigenvalue weighted by molar-refractivity contribution is 7.80. The number of hydrogen-bond acceptors (Lipinski definition) is 3. The highest BCUT2D eigenvalue weighted by Gasteiger charge is 2.28. The molecule has 0 bridgehead atoms. The Morgan fingerprint density at radius 1 is 1.56 bits per heavy atom. The van der Waals surface area contributed by atoms with Crippen molar-refractivity contribution in [2.45, 2.75) is 0 Å². The zero-order valence-corrected chi connectivity index (χ0v) is 9.35. The normalized spacial score (nSPS) is 25.6. The summed E-state index contributed by atoms with van der Waals surface area (Å²) in [4.78, 5) is 4.10. The summed E-state index contributed by atoms with van der Waals surface area (Å²) in [7, 11) is 0. The quantitative estimate of drug-likeness (QED) is 0.408. The molecule has 4 N–H and O–H groups in total. The molecule has 2 rings (SSSR count). The van der Waals surface area contributed by atoms with Gasteiger partial charge in [0, 0.05) is 12.1 Å². The monoisotopic (exact) mass is 241 g/mol. The van der Waals surface area contributed by atoms with Crippen LogP contribution in [0.15, 0.2) is 29.3 Å². The van der Waals surface area contributed by atoms with E-state index in [2.05, 4.69) is 9.71 Å². The lowest BCUT2D eigenvalue weighted by molar-refractivity contribution is 0.479. The van der Waals surface area contributed by atoms with Gasteiger partial charge in [-0.3, -0.25) is 9.27 Å². The molecule has 0 fully saturated rings. The van der Waals surface area contributed by atoms with Crippen LogP contribution in [0, 0.1) is 0 Å². The third-order valence-electron chi connectivity index (χ3n) is 2.42. The summed E-state index contributed by atoms with van der Waals surface area (Å²) >= 11 is -2.07. The molecule has 0 saturated heterocycles. The van der Waals surface area contributed by atoms with Gasteiger partial charge in [0.1, 0.15) is 6.54 Å². The molecule has 86 valence electrons.